The molecule has 2 aliphatic rings. The highest BCUT2D eigenvalue weighted by atomic mass is 16.7. The van der Waals surface area contributed by atoms with E-state index in [0.717, 1.165) is 79.1 Å². The fraction of sp³-hybridized carbons (Fsp3) is 0.474. The van der Waals surface area contributed by atoms with E-state index >= 15 is 0 Å². The Morgan fingerprint density at radius 3 is 2.25 bits per heavy atom. The summed E-state index contributed by atoms with van der Waals surface area (Å²) in [6, 6.07) is 20.2. The third-order valence-electron chi connectivity index (χ3n) is 9.07. The summed E-state index contributed by atoms with van der Waals surface area (Å²) in [4.78, 5) is 25.8. The molecule has 3 N–H and O–H groups in total. The van der Waals surface area contributed by atoms with Gasteiger partial charge < -0.3 is 34.7 Å². The van der Waals surface area contributed by atoms with Gasteiger partial charge in [0.1, 0.15) is 0 Å². The van der Waals surface area contributed by atoms with Crippen molar-refractivity contribution in [1.82, 2.24) is 15.5 Å². The first-order valence-electron chi connectivity index (χ1n) is 16.9. The second kappa shape index (κ2) is 17.4. The van der Waals surface area contributed by atoms with E-state index in [2.05, 4.69) is 27.7 Å². The highest BCUT2D eigenvalue weighted by Gasteiger charge is 2.34. The van der Waals surface area contributed by atoms with Crippen LogP contribution < -0.4 is 20.1 Å². The quantitative estimate of drug-likeness (QED) is 0.193. The van der Waals surface area contributed by atoms with Gasteiger partial charge >= 0.3 is 0 Å². The van der Waals surface area contributed by atoms with E-state index in [9.17, 15) is 14.7 Å². The Hall–Kier alpha value is -3.96. The Morgan fingerprint density at radius 1 is 0.875 bits per heavy atom. The number of rotatable bonds is 15. The van der Waals surface area contributed by atoms with Gasteiger partial charge in [0.05, 0.1) is 33.0 Å². The maximum atomic E-state index is 12.4. The van der Waals surface area contributed by atoms with Crippen LogP contribution in [-0.2, 0) is 45.2 Å². The molecule has 0 spiro atoms. The average Bonchev–Trinajstić information content (AvgIpc) is 3.11. The fourth-order valence-electron chi connectivity index (χ4n) is 6.35. The molecular formula is C38H49N3O7. The molecule has 0 saturated carbocycles. The van der Waals surface area contributed by atoms with Gasteiger partial charge in [0.25, 0.3) is 0 Å². The third kappa shape index (κ3) is 9.79. The second-order valence-corrected chi connectivity index (χ2v) is 12.6. The molecule has 3 aromatic rings. The number of nitrogens with zero attached hydrogens (tertiary/aromatic N) is 1. The van der Waals surface area contributed by atoms with Gasteiger partial charge in [-0.3, -0.25) is 14.5 Å². The summed E-state index contributed by atoms with van der Waals surface area (Å²) in [5.74, 6) is 1.50. The highest BCUT2D eigenvalue weighted by Crippen LogP contribution is 2.39. The van der Waals surface area contributed by atoms with Crippen LogP contribution in [0.4, 0.5) is 0 Å². The lowest BCUT2D eigenvalue weighted by molar-refractivity contribution is -0.253. The minimum Gasteiger partial charge on any atom is -0.493 e. The van der Waals surface area contributed by atoms with E-state index in [1.807, 2.05) is 48.5 Å². The van der Waals surface area contributed by atoms with E-state index in [-0.39, 0.29) is 30.6 Å². The predicted octanol–water partition coefficient (Wildman–Crippen LogP) is 5.11. The zero-order valence-electron chi connectivity index (χ0n) is 28.3. The number of benzene rings is 3. The molecule has 3 aromatic carbocycles. The number of ether oxygens (including phenoxy) is 4. The largest absolute Gasteiger partial charge is 0.493 e. The van der Waals surface area contributed by atoms with Crippen molar-refractivity contribution in [2.24, 2.45) is 0 Å². The number of unbranched alkanes of at least 4 members (excludes halogenated alkanes) is 2. The summed E-state index contributed by atoms with van der Waals surface area (Å²) in [6.45, 7) is 5.08. The van der Waals surface area contributed by atoms with Gasteiger partial charge in [0.2, 0.25) is 11.8 Å². The number of amides is 2. The number of carbonyl (C=O) groups excluding carboxylic acids is 2. The number of methoxy groups -OCH3 is 2. The van der Waals surface area contributed by atoms with Crippen LogP contribution in [0.2, 0.25) is 0 Å². The third-order valence-corrected chi connectivity index (χ3v) is 9.07. The molecule has 0 unspecified atom stereocenters. The Labute approximate surface area is 283 Å². The molecule has 10 nitrogen and oxygen atoms in total. The molecule has 2 amide bonds. The van der Waals surface area contributed by atoms with Crippen molar-refractivity contribution < 1.29 is 33.6 Å². The van der Waals surface area contributed by atoms with E-state index in [1.54, 1.807) is 14.2 Å². The number of carbonyl (C=O) groups is 2. The van der Waals surface area contributed by atoms with E-state index in [4.69, 9.17) is 18.9 Å². The second-order valence-electron chi connectivity index (χ2n) is 12.6. The number of hydrogen-bond donors (Lipinski definition) is 3. The molecule has 0 aromatic heterocycles. The van der Waals surface area contributed by atoms with Gasteiger partial charge in [-0.25, -0.2) is 0 Å². The van der Waals surface area contributed by atoms with Crippen LogP contribution in [0.15, 0.2) is 60.7 Å². The molecule has 0 radical (unpaired) electrons. The summed E-state index contributed by atoms with van der Waals surface area (Å²) in [5, 5.41) is 15.3. The normalized spacial score (nSPS) is 19.3. The maximum Gasteiger partial charge on any atom is 0.220 e. The summed E-state index contributed by atoms with van der Waals surface area (Å²) < 4.78 is 24.3. The monoisotopic (exact) mass is 659 g/mol. The molecule has 1 fully saturated rings. The first kappa shape index (κ1) is 35.3. The van der Waals surface area contributed by atoms with Crippen LogP contribution >= 0.6 is 0 Å². The molecule has 1 saturated heterocycles. The summed E-state index contributed by atoms with van der Waals surface area (Å²) in [6.07, 6.45) is 3.87. The van der Waals surface area contributed by atoms with E-state index in [1.165, 1.54) is 18.1 Å². The molecule has 48 heavy (non-hydrogen) atoms. The molecule has 10 heteroatoms. The van der Waals surface area contributed by atoms with Crippen LogP contribution in [0.5, 0.6) is 11.5 Å². The lowest BCUT2D eigenvalue weighted by Crippen LogP contribution is -2.41. The molecule has 0 bridgehead atoms. The Bertz CT molecular complexity index is 1500. The molecule has 2 aliphatic heterocycles. The van der Waals surface area contributed by atoms with Crippen LogP contribution in [-0.4, -0.2) is 61.8 Å². The molecule has 2 heterocycles. The summed E-state index contributed by atoms with van der Waals surface area (Å²) in [7, 11) is 3.33. The molecule has 0 aliphatic carbocycles. The number of fused-ring (bicyclic) bond motifs is 1. The number of aliphatic hydroxyl groups excluding tert-OH is 1. The van der Waals surface area contributed by atoms with Gasteiger partial charge in [0, 0.05) is 58.1 Å². The van der Waals surface area contributed by atoms with Gasteiger partial charge in [-0.05, 0) is 59.2 Å². The first-order chi connectivity index (χ1) is 23.3. The zero-order chi connectivity index (χ0) is 33.9. The first-order valence-corrected chi connectivity index (χ1v) is 16.9. The average molecular weight is 660 g/mol. The Morgan fingerprint density at radius 2 is 1.56 bits per heavy atom. The Balaban J connectivity index is 1.20. The Kier molecular flexibility index (Phi) is 12.8. The van der Waals surface area contributed by atoms with Gasteiger partial charge in [0.15, 0.2) is 17.8 Å². The van der Waals surface area contributed by atoms with Crippen LogP contribution in [0.3, 0.4) is 0 Å². The van der Waals surface area contributed by atoms with Crippen LogP contribution in [0.1, 0.15) is 84.8 Å². The van der Waals surface area contributed by atoms with Crippen LogP contribution in [0, 0.1) is 0 Å². The predicted molar refractivity (Wildman–Crippen MR) is 182 cm³/mol. The topological polar surface area (TPSA) is 119 Å². The summed E-state index contributed by atoms with van der Waals surface area (Å²) >= 11 is 0. The van der Waals surface area contributed by atoms with Gasteiger partial charge in [-0.2, -0.15) is 0 Å². The van der Waals surface area contributed by atoms with Gasteiger partial charge in [-0.1, -0.05) is 55.0 Å². The molecule has 258 valence electrons. The van der Waals surface area contributed by atoms with Crippen molar-refractivity contribution in [3.8, 4) is 11.5 Å². The fourth-order valence-corrected chi connectivity index (χ4v) is 6.35. The number of hydrogen-bond acceptors (Lipinski definition) is 8. The van der Waals surface area contributed by atoms with Crippen molar-refractivity contribution in [2.45, 2.75) is 83.6 Å². The summed E-state index contributed by atoms with van der Waals surface area (Å²) in [5.41, 5.74) is 6.37. The smallest absolute Gasteiger partial charge is 0.220 e. The minimum absolute atomic E-state index is 0.00000379. The molecule has 3 atom stereocenters. The minimum atomic E-state index is -0.547. The van der Waals surface area contributed by atoms with Gasteiger partial charge in [-0.15, -0.1) is 0 Å². The lowest BCUT2D eigenvalue weighted by Gasteiger charge is -2.39. The van der Waals surface area contributed by atoms with Crippen molar-refractivity contribution in [2.75, 3.05) is 33.9 Å². The van der Waals surface area contributed by atoms with Crippen molar-refractivity contribution >= 4 is 11.8 Å². The van der Waals surface area contributed by atoms with Crippen molar-refractivity contribution in [3.05, 3.63) is 94.0 Å². The number of aliphatic hydroxyl groups is 1. The standard InChI is InChI=1S/C38H49N3O7/c1-26(43)39-17-6-4-5-7-37(44)40-22-27-8-14-30(15-9-27)38-47-33(21-34(48-38)29-12-10-28(25-42)11-13-29)24-41-18-16-31-19-35(45-2)36(46-3)20-32(31)23-41/h8-15,19-20,33-34,38,42H,4-7,16-18,21-25H2,1-3H3,(H,39,43)(H,40,44)/t33-,34+,38+/m0/s1. The van der Waals surface area contributed by atoms with E-state index in [0.29, 0.717) is 25.9 Å². The maximum absolute atomic E-state index is 12.4. The SMILES string of the molecule is COc1cc2c(cc1OC)CN(C[C@@H]1C[C@H](c3ccc(CO)cc3)O[C@H](c3ccc(CNC(=O)CCCCCNC(C)=O)cc3)O1)CC2. The van der Waals surface area contributed by atoms with Crippen LogP contribution in [0.25, 0.3) is 0 Å². The molecular weight excluding hydrogens is 610 g/mol. The molecule has 5 rings (SSSR count). The highest BCUT2D eigenvalue weighted by molar-refractivity contribution is 5.75. The lowest BCUT2D eigenvalue weighted by atomic mass is 9.97. The van der Waals surface area contributed by atoms with E-state index < -0.39 is 6.29 Å². The van der Waals surface area contributed by atoms with Crippen molar-refractivity contribution in [1.29, 1.82) is 0 Å². The zero-order valence-corrected chi connectivity index (χ0v) is 28.3. The van der Waals surface area contributed by atoms with Crippen molar-refractivity contribution in [3.63, 3.8) is 0 Å². The number of nitrogens with one attached hydrogen (secondary N) is 2.